The van der Waals surface area contributed by atoms with Crippen molar-refractivity contribution in [3.63, 3.8) is 0 Å². The number of aryl methyl sites for hydroxylation is 1. The SMILES string of the molecule is COc1nc(-c2cc(F)ccc2C2Cc3nc(N)nc(C)c3C(=O)N2Cc2ccncc2)cnc1N. The lowest BCUT2D eigenvalue weighted by molar-refractivity contribution is 0.0624. The van der Waals surface area contributed by atoms with E-state index in [0.29, 0.717) is 46.7 Å². The molecule has 0 fully saturated rings. The summed E-state index contributed by atoms with van der Waals surface area (Å²) in [5.74, 6) is -0.377. The molecule has 0 radical (unpaired) electrons. The van der Waals surface area contributed by atoms with E-state index in [1.807, 2.05) is 12.1 Å². The second-order valence-corrected chi connectivity index (χ2v) is 8.38. The number of methoxy groups -OCH3 is 1. The number of nitrogen functional groups attached to an aromatic ring is 2. The molecule has 1 unspecified atom stereocenters. The summed E-state index contributed by atoms with van der Waals surface area (Å²) in [6, 6.07) is 7.54. The van der Waals surface area contributed by atoms with E-state index in [9.17, 15) is 9.18 Å². The highest BCUT2D eigenvalue weighted by atomic mass is 19.1. The number of nitrogens with zero attached hydrogens (tertiary/aromatic N) is 6. The number of fused-ring (bicyclic) bond motifs is 1. The number of aromatic nitrogens is 5. The van der Waals surface area contributed by atoms with E-state index < -0.39 is 11.9 Å². The summed E-state index contributed by atoms with van der Waals surface area (Å²) < 4.78 is 19.7. The second-order valence-electron chi connectivity index (χ2n) is 8.38. The monoisotopic (exact) mass is 486 g/mol. The number of ether oxygens (including phenoxy) is 1. The van der Waals surface area contributed by atoms with Gasteiger partial charge in [-0.2, -0.15) is 0 Å². The molecule has 1 aromatic carbocycles. The number of halogens is 1. The fourth-order valence-electron chi connectivity index (χ4n) is 4.51. The minimum Gasteiger partial charge on any atom is -0.478 e. The van der Waals surface area contributed by atoms with Gasteiger partial charge in [0.25, 0.3) is 11.8 Å². The van der Waals surface area contributed by atoms with Gasteiger partial charge in [-0.3, -0.25) is 9.78 Å². The summed E-state index contributed by atoms with van der Waals surface area (Å²) in [6.07, 6.45) is 5.13. The quantitative estimate of drug-likeness (QED) is 0.435. The number of hydrogen-bond acceptors (Lipinski definition) is 9. The van der Waals surface area contributed by atoms with Crippen molar-refractivity contribution in [2.24, 2.45) is 0 Å². The van der Waals surface area contributed by atoms with Gasteiger partial charge in [-0.1, -0.05) is 6.07 Å². The van der Waals surface area contributed by atoms with E-state index >= 15 is 0 Å². The molecule has 0 saturated heterocycles. The van der Waals surface area contributed by atoms with E-state index in [1.165, 1.54) is 25.4 Å². The highest BCUT2D eigenvalue weighted by Gasteiger charge is 2.37. The first kappa shape index (κ1) is 23.1. The molecule has 4 N–H and O–H groups in total. The Bertz CT molecular complexity index is 1460. The van der Waals surface area contributed by atoms with Crippen LogP contribution in [0.3, 0.4) is 0 Å². The smallest absolute Gasteiger partial charge is 0.258 e. The van der Waals surface area contributed by atoms with Gasteiger partial charge in [0.2, 0.25) is 5.95 Å². The van der Waals surface area contributed by atoms with Gasteiger partial charge in [-0.15, -0.1) is 0 Å². The molecule has 4 heterocycles. The number of nitrogens with two attached hydrogens (primary N) is 2. The fourth-order valence-corrected chi connectivity index (χ4v) is 4.51. The average Bonchev–Trinajstić information content (AvgIpc) is 2.86. The Balaban J connectivity index is 1.69. The van der Waals surface area contributed by atoms with E-state index in [2.05, 4.69) is 24.9 Å². The molecule has 1 amide bonds. The third kappa shape index (κ3) is 4.15. The van der Waals surface area contributed by atoms with Crippen molar-refractivity contribution in [2.45, 2.75) is 25.9 Å². The number of benzene rings is 1. The zero-order valence-corrected chi connectivity index (χ0v) is 19.6. The third-order valence-corrected chi connectivity index (χ3v) is 6.13. The Morgan fingerprint density at radius 2 is 1.92 bits per heavy atom. The first-order chi connectivity index (χ1) is 17.4. The normalized spacial score (nSPS) is 15.0. The molecule has 5 rings (SSSR count). The summed E-state index contributed by atoms with van der Waals surface area (Å²) in [5, 5.41) is 0. The number of anilines is 2. The molecule has 0 bridgehead atoms. The predicted octanol–water partition coefficient (Wildman–Crippen LogP) is 2.89. The van der Waals surface area contributed by atoms with E-state index in [0.717, 1.165) is 5.56 Å². The summed E-state index contributed by atoms with van der Waals surface area (Å²) in [4.78, 5) is 36.8. The van der Waals surface area contributed by atoms with Crippen LogP contribution in [0.1, 0.15) is 38.9 Å². The van der Waals surface area contributed by atoms with Crippen molar-refractivity contribution in [2.75, 3.05) is 18.6 Å². The first-order valence-corrected chi connectivity index (χ1v) is 11.1. The Hall–Kier alpha value is -4.67. The van der Waals surface area contributed by atoms with Crippen LogP contribution >= 0.6 is 0 Å². The third-order valence-electron chi connectivity index (χ3n) is 6.13. The highest BCUT2D eigenvalue weighted by Crippen LogP contribution is 2.39. The molecule has 3 aromatic heterocycles. The minimum absolute atomic E-state index is 0.0915. The van der Waals surface area contributed by atoms with E-state index in [4.69, 9.17) is 16.2 Å². The largest absolute Gasteiger partial charge is 0.478 e. The second kappa shape index (κ2) is 9.17. The van der Waals surface area contributed by atoms with Gasteiger partial charge < -0.3 is 21.1 Å². The lowest BCUT2D eigenvalue weighted by atomic mass is 9.88. The lowest BCUT2D eigenvalue weighted by Gasteiger charge is -2.38. The van der Waals surface area contributed by atoms with Crippen molar-refractivity contribution in [1.29, 1.82) is 0 Å². The van der Waals surface area contributed by atoms with Gasteiger partial charge in [-0.05, 0) is 42.3 Å². The molecular formula is C25H23FN8O2. The van der Waals surface area contributed by atoms with Crippen LogP contribution in [0.5, 0.6) is 5.88 Å². The summed E-state index contributed by atoms with van der Waals surface area (Å²) in [7, 11) is 1.43. The summed E-state index contributed by atoms with van der Waals surface area (Å²) >= 11 is 0. The van der Waals surface area contributed by atoms with Gasteiger partial charge >= 0.3 is 0 Å². The Morgan fingerprint density at radius 3 is 2.67 bits per heavy atom. The molecular weight excluding hydrogens is 463 g/mol. The van der Waals surface area contributed by atoms with Crippen molar-refractivity contribution >= 4 is 17.7 Å². The lowest BCUT2D eigenvalue weighted by Crippen LogP contribution is -2.41. The van der Waals surface area contributed by atoms with Gasteiger partial charge in [0.05, 0.1) is 42.0 Å². The van der Waals surface area contributed by atoms with Crippen molar-refractivity contribution < 1.29 is 13.9 Å². The molecule has 182 valence electrons. The summed E-state index contributed by atoms with van der Waals surface area (Å²) in [5.41, 5.74) is 15.6. The van der Waals surface area contributed by atoms with Crippen LogP contribution < -0.4 is 16.2 Å². The molecule has 1 aliphatic rings. The topological polar surface area (TPSA) is 146 Å². The number of hydrogen-bond donors (Lipinski definition) is 2. The molecule has 10 nitrogen and oxygen atoms in total. The number of pyridine rings is 1. The molecule has 4 aromatic rings. The highest BCUT2D eigenvalue weighted by molar-refractivity contribution is 5.98. The molecule has 11 heteroatoms. The number of rotatable bonds is 5. The van der Waals surface area contributed by atoms with Crippen LogP contribution in [-0.2, 0) is 13.0 Å². The Labute approximate surface area is 206 Å². The van der Waals surface area contributed by atoms with Crippen LogP contribution in [0.15, 0.2) is 48.9 Å². The van der Waals surface area contributed by atoms with Gasteiger partial charge in [-0.25, -0.2) is 24.3 Å². The van der Waals surface area contributed by atoms with Crippen LogP contribution in [-0.4, -0.2) is 42.8 Å². The molecule has 1 atom stereocenters. The van der Waals surface area contributed by atoms with Crippen LogP contribution in [0.2, 0.25) is 0 Å². The number of carbonyl (C=O) groups excluding carboxylic acids is 1. The average molecular weight is 487 g/mol. The van der Waals surface area contributed by atoms with Gasteiger partial charge in [0.1, 0.15) is 5.82 Å². The van der Waals surface area contributed by atoms with Gasteiger partial charge in [0.15, 0.2) is 5.82 Å². The molecule has 0 spiro atoms. The minimum atomic E-state index is -0.507. The zero-order chi connectivity index (χ0) is 25.4. The zero-order valence-electron chi connectivity index (χ0n) is 19.6. The van der Waals surface area contributed by atoms with E-state index in [-0.39, 0.29) is 23.6 Å². The molecule has 0 saturated carbocycles. The summed E-state index contributed by atoms with van der Waals surface area (Å²) in [6.45, 7) is 2.03. The Kier molecular flexibility index (Phi) is 5.88. The van der Waals surface area contributed by atoms with E-state index in [1.54, 1.807) is 30.3 Å². The van der Waals surface area contributed by atoms with Crippen molar-refractivity contribution in [3.05, 3.63) is 82.8 Å². The van der Waals surface area contributed by atoms with Crippen LogP contribution in [0.4, 0.5) is 16.2 Å². The predicted molar refractivity (Wildman–Crippen MR) is 130 cm³/mol. The standard InChI is InChI=1S/C25H23FN8O2/c1-13-21-18(33-25(28)31-13)10-20(34(24(21)35)12-14-5-7-29-8-6-14)16-4-3-15(26)9-17(16)19-11-30-22(27)23(32-19)36-2/h3-9,11,20H,10,12H2,1-2H3,(H2,27,30)(H2,28,31,33). The van der Waals surface area contributed by atoms with Crippen molar-refractivity contribution in [3.8, 4) is 17.1 Å². The van der Waals surface area contributed by atoms with Gasteiger partial charge in [0, 0.05) is 30.9 Å². The number of carbonyl (C=O) groups is 1. The number of amides is 1. The fraction of sp³-hybridized carbons (Fsp3) is 0.200. The molecule has 0 aliphatic carbocycles. The first-order valence-electron chi connectivity index (χ1n) is 11.1. The molecule has 36 heavy (non-hydrogen) atoms. The molecule has 1 aliphatic heterocycles. The maximum atomic E-state index is 14.5. The van der Waals surface area contributed by atoms with Crippen molar-refractivity contribution in [1.82, 2.24) is 29.8 Å². The van der Waals surface area contributed by atoms with Crippen LogP contribution in [0, 0.1) is 12.7 Å². The Morgan fingerprint density at radius 1 is 1.14 bits per heavy atom. The maximum absolute atomic E-state index is 14.5. The van der Waals surface area contributed by atoms with Crippen LogP contribution in [0.25, 0.3) is 11.3 Å². The maximum Gasteiger partial charge on any atom is 0.258 e.